The van der Waals surface area contributed by atoms with Crippen LogP contribution in [0.25, 0.3) is 6.08 Å². The van der Waals surface area contributed by atoms with E-state index in [2.05, 4.69) is 0 Å². The Kier molecular flexibility index (Phi) is 4.74. The van der Waals surface area contributed by atoms with Gasteiger partial charge in [-0.2, -0.15) is 0 Å². The maximum atomic E-state index is 11.1. The largest absolute Gasteiger partial charge is 0.497 e. The summed E-state index contributed by atoms with van der Waals surface area (Å²) in [4.78, 5) is 21.6. The van der Waals surface area contributed by atoms with E-state index in [1.165, 1.54) is 33.1 Å². The third kappa shape index (κ3) is 4.01. The van der Waals surface area contributed by atoms with Crippen LogP contribution in [0, 0.1) is 0 Å². The zero-order chi connectivity index (χ0) is 15.3. The highest BCUT2D eigenvalue weighted by Crippen LogP contribution is 2.28. The van der Waals surface area contributed by atoms with Gasteiger partial charge >= 0.3 is 11.9 Å². The molecule has 0 atom stereocenters. The lowest BCUT2D eigenvalue weighted by atomic mass is 10.1. The lowest BCUT2D eigenvalue weighted by molar-refractivity contribution is -0.152. The van der Waals surface area contributed by atoms with Crippen LogP contribution in [0.2, 0.25) is 0 Å². The third-order valence-electron chi connectivity index (χ3n) is 2.50. The summed E-state index contributed by atoms with van der Waals surface area (Å²) >= 11 is 0. The number of ether oxygens (including phenoxy) is 2. The molecule has 0 aliphatic heterocycles. The molecule has 0 heterocycles. The van der Waals surface area contributed by atoms with Crippen LogP contribution in [0.15, 0.2) is 24.3 Å². The second-order valence-electron chi connectivity index (χ2n) is 4.49. The van der Waals surface area contributed by atoms with Crippen LogP contribution in [0.5, 0.6) is 11.5 Å². The maximum Gasteiger partial charge on any atom is 0.347 e. The molecular formula is C14H16O6. The van der Waals surface area contributed by atoms with Gasteiger partial charge in [-0.25, -0.2) is 9.59 Å². The van der Waals surface area contributed by atoms with Crippen LogP contribution in [-0.4, -0.2) is 34.9 Å². The van der Waals surface area contributed by atoms with Crippen LogP contribution < -0.4 is 9.47 Å². The molecule has 0 amide bonds. The Balaban J connectivity index is 3.18. The molecule has 6 heteroatoms. The van der Waals surface area contributed by atoms with E-state index >= 15 is 0 Å². The molecule has 0 bridgehead atoms. The fourth-order valence-corrected chi connectivity index (χ4v) is 1.36. The highest BCUT2D eigenvalue weighted by Gasteiger charge is 2.30. The minimum atomic E-state index is -1.43. The van der Waals surface area contributed by atoms with Crippen molar-refractivity contribution >= 4 is 18.0 Å². The van der Waals surface area contributed by atoms with Crippen molar-refractivity contribution in [3.63, 3.8) is 0 Å². The molecule has 1 rings (SSSR count). The predicted molar refractivity (Wildman–Crippen MR) is 72.0 cm³/mol. The van der Waals surface area contributed by atoms with Crippen molar-refractivity contribution in [1.82, 2.24) is 0 Å². The minimum absolute atomic E-state index is 0.260. The fraction of sp³-hybridized carbons (Fsp3) is 0.286. The Morgan fingerprint density at radius 1 is 1.25 bits per heavy atom. The Morgan fingerprint density at radius 2 is 1.90 bits per heavy atom. The van der Waals surface area contributed by atoms with Gasteiger partial charge in [0, 0.05) is 11.6 Å². The van der Waals surface area contributed by atoms with Crippen molar-refractivity contribution in [2.45, 2.75) is 19.4 Å². The summed E-state index contributed by atoms with van der Waals surface area (Å²) in [5.41, 5.74) is -1.01. The molecule has 2 N–H and O–H groups in total. The smallest absolute Gasteiger partial charge is 0.347 e. The van der Waals surface area contributed by atoms with Crippen molar-refractivity contribution in [2.75, 3.05) is 7.11 Å². The molecule has 0 fully saturated rings. The van der Waals surface area contributed by atoms with E-state index < -0.39 is 17.5 Å². The molecule has 0 unspecified atom stereocenters. The number of hydrogen-bond acceptors (Lipinski definition) is 4. The second-order valence-corrected chi connectivity index (χ2v) is 4.49. The first kappa shape index (κ1) is 15.6. The van der Waals surface area contributed by atoms with Gasteiger partial charge in [0.1, 0.15) is 11.5 Å². The van der Waals surface area contributed by atoms with E-state index in [4.69, 9.17) is 19.7 Å². The van der Waals surface area contributed by atoms with E-state index in [0.717, 1.165) is 6.08 Å². The molecule has 0 aliphatic carbocycles. The normalized spacial score (nSPS) is 11.3. The van der Waals surface area contributed by atoms with Crippen molar-refractivity contribution < 1.29 is 29.3 Å². The number of methoxy groups -OCH3 is 1. The summed E-state index contributed by atoms with van der Waals surface area (Å²) < 4.78 is 10.5. The highest BCUT2D eigenvalue weighted by molar-refractivity contribution is 5.86. The van der Waals surface area contributed by atoms with Crippen LogP contribution in [0.4, 0.5) is 0 Å². The number of hydrogen-bond donors (Lipinski definition) is 2. The zero-order valence-corrected chi connectivity index (χ0v) is 11.4. The van der Waals surface area contributed by atoms with Gasteiger partial charge in [0.15, 0.2) is 5.60 Å². The molecule has 0 saturated heterocycles. The molecule has 20 heavy (non-hydrogen) atoms. The maximum absolute atomic E-state index is 11.1. The molecule has 0 saturated carbocycles. The first-order valence-corrected chi connectivity index (χ1v) is 5.77. The molecule has 6 nitrogen and oxygen atoms in total. The first-order valence-electron chi connectivity index (χ1n) is 5.77. The van der Waals surface area contributed by atoms with E-state index in [-0.39, 0.29) is 5.75 Å². The summed E-state index contributed by atoms with van der Waals surface area (Å²) in [5.74, 6) is -1.47. The van der Waals surface area contributed by atoms with Crippen LogP contribution in [-0.2, 0) is 9.59 Å². The van der Waals surface area contributed by atoms with Gasteiger partial charge in [0.25, 0.3) is 0 Å². The lowest BCUT2D eigenvalue weighted by Crippen LogP contribution is -2.38. The first-order chi connectivity index (χ1) is 9.26. The van der Waals surface area contributed by atoms with Gasteiger partial charge in [-0.15, -0.1) is 0 Å². The highest BCUT2D eigenvalue weighted by atomic mass is 16.5. The van der Waals surface area contributed by atoms with Crippen molar-refractivity contribution in [3.05, 3.63) is 29.8 Å². The zero-order valence-electron chi connectivity index (χ0n) is 11.4. The molecule has 108 valence electrons. The van der Waals surface area contributed by atoms with E-state index in [1.54, 1.807) is 12.1 Å². The van der Waals surface area contributed by atoms with Gasteiger partial charge < -0.3 is 19.7 Å². The Hall–Kier alpha value is -2.50. The number of aliphatic carboxylic acids is 2. The van der Waals surface area contributed by atoms with E-state index in [0.29, 0.717) is 11.3 Å². The molecule has 1 aromatic carbocycles. The Morgan fingerprint density at radius 3 is 2.40 bits per heavy atom. The SMILES string of the molecule is COc1ccc(OC(C)(C)C(=O)O)c(/C=C/C(=O)O)c1. The monoisotopic (exact) mass is 280 g/mol. The number of carboxylic acids is 2. The van der Waals surface area contributed by atoms with E-state index in [1.807, 2.05) is 0 Å². The summed E-state index contributed by atoms with van der Waals surface area (Å²) in [6.45, 7) is 2.81. The topological polar surface area (TPSA) is 93.1 Å². The molecule has 0 aliphatic rings. The van der Waals surface area contributed by atoms with Crippen molar-refractivity contribution in [1.29, 1.82) is 0 Å². The average molecular weight is 280 g/mol. The van der Waals surface area contributed by atoms with Crippen LogP contribution in [0.1, 0.15) is 19.4 Å². The Labute approximate surface area is 116 Å². The van der Waals surface area contributed by atoms with Crippen molar-refractivity contribution in [3.8, 4) is 11.5 Å². The van der Waals surface area contributed by atoms with Gasteiger partial charge in [0.2, 0.25) is 0 Å². The number of carbonyl (C=O) groups is 2. The lowest BCUT2D eigenvalue weighted by Gasteiger charge is -2.23. The van der Waals surface area contributed by atoms with Crippen molar-refractivity contribution in [2.24, 2.45) is 0 Å². The third-order valence-corrected chi connectivity index (χ3v) is 2.50. The summed E-state index contributed by atoms with van der Waals surface area (Å²) in [7, 11) is 1.47. The van der Waals surface area contributed by atoms with Gasteiger partial charge in [-0.3, -0.25) is 0 Å². The average Bonchev–Trinajstić information content (AvgIpc) is 2.36. The fourth-order valence-electron chi connectivity index (χ4n) is 1.36. The standard InChI is InChI=1S/C14H16O6/c1-14(2,13(17)18)20-11-6-5-10(19-3)8-9(11)4-7-12(15)16/h4-8H,1-3H3,(H,15,16)(H,17,18)/b7-4+. The molecule has 1 aromatic rings. The van der Waals surface area contributed by atoms with Gasteiger partial charge in [-0.05, 0) is 38.1 Å². The number of rotatable bonds is 6. The second kappa shape index (κ2) is 6.10. The number of carboxylic acid groups (broad SMARTS) is 2. The summed E-state index contributed by atoms with van der Waals surface area (Å²) in [5, 5.41) is 17.7. The van der Waals surface area contributed by atoms with Crippen LogP contribution in [0.3, 0.4) is 0 Å². The van der Waals surface area contributed by atoms with Gasteiger partial charge in [0.05, 0.1) is 7.11 Å². The van der Waals surface area contributed by atoms with E-state index in [9.17, 15) is 9.59 Å². The minimum Gasteiger partial charge on any atom is -0.497 e. The van der Waals surface area contributed by atoms with Gasteiger partial charge in [-0.1, -0.05) is 0 Å². The summed E-state index contributed by atoms with van der Waals surface area (Å²) in [6, 6.07) is 4.70. The number of benzene rings is 1. The predicted octanol–water partition coefficient (Wildman–Crippen LogP) is 2.04. The Bertz CT molecular complexity index is 545. The molecule has 0 spiro atoms. The molecule has 0 aromatic heterocycles. The summed E-state index contributed by atoms with van der Waals surface area (Å²) in [6.07, 6.45) is 2.26. The quantitative estimate of drug-likeness (QED) is 0.774. The molecule has 0 radical (unpaired) electrons. The molecular weight excluding hydrogens is 264 g/mol. The van der Waals surface area contributed by atoms with Crippen LogP contribution >= 0.6 is 0 Å².